The molecule has 1 fully saturated rings. The number of pyridine rings is 1. The molecule has 3 aromatic rings. The maximum Gasteiger partial charge on any atom is 0.213 e. The van der Waals surface area contributed by atoms with E-state index in [2.05, 4.69) is 30.1 Å². The van der Waals surface area contributed by atoms with Crippen molar-refractivity contribution in [1.82, 2.24) is 4.98 Å². The molecule has 34 heavy (non-hydrogen) atoms. The zero-order chi connectivity index (χ0) is 23.8. The van der Waals surface area contributed by atoms with E-state index in [0.717, 1.165) is 17.5 Å². The van der Waals surface area contributed by atoms with Gasteiger partial charge in [-0.15, -0.1) is 0 Å². The molecule has 0 bridgehead atoms. The third-order valence-corrected chi connectivity index (χ3v) is 7.40. The maximum atomic E-state index is 14.3. The lowest BCUT2D eigenvalue weighted by Crippen LogP contribution is -2.20. The summed E-state index contributed by atoms with van der Waals surface area (Å²) in [5, 5.41) is 0. The van der Waals surface area contributed by atoms with Crippen molar-refractivity contribution in [1.29, 1.82) is 0 Å². The molecule has 1 aromatic heterocycles. The first-order chi connectivity index (χ1) is 16.4. The lowest BCUT2D eigenvalue weighted by molar-refractivity contribution is -0.121. The van der Waals surface area contributed by atoms with Crippen LogP contribution in [0.2, 0.25) is 0 Å². The van der Waals surface area contributed by atoms with Crippen LogP contribution in [0.3, 0.4) is 0 Å². The molecule has 0 amide bonds. The predicted molar refractivity (Wildman–Crippen MR) is 129 cm³/mol. The third-order valence-electron chi connectivity index (χ3n) is 7.40. The quantitative estimate of drug-likeness (QED) is 0.409. The fourth-order valence-corrected chi connectivity index (χ4v) is 5.15. The second-order valence-electron chi connectivity index (χ2n) is 9.62. The van der Waals surface area contributed by atoms with E-state index in [1.807, 2.05) is 24.3 Å². The molecular formula is C29H30FNO3. The van der Waals surface area contributed by atoms with Gasteiger partial charge in [0.1, 0.15) is 11.6 Å². The summed E-state index contributed by atoms with van der Waals surface area (Å²) in [4.78, 5) is 16.1. The molecule has 0 spiro atoms. The Labute approximate surface area is 200 Å². The average Bonchev–Trinajstić information content (AvgIpc) is 3.69. The molecule has 2 heterocycles. The molecule has 2 aromatic carbocycles. The summed E-state index contributed by atoms with van der Waals surface area (Å²) < 4.78 is 25.6. The minimum Gasteiger partial charge on any atom is -0.481 e. The van der Waals surface area contributed by atoms with Gasteiger partial charge in [0.25, 0.3) is 0 Å². The Hall–Kier alpha value is -3.05. The highest BCUT2D eigenvalue weighted by Crippen LogP contribution is 2.47. The highest BCUT2D eigenvalue weighted by molar-refractivity contribution is 5.79. The SMILES string of the molecule is COc1cc(-c2ccc([C@@H]3Cc4cc([C@H](C5CC5)[C@H](C)C(C)=O)ccc4CO3)cc2)c(F)cn1. The topological polar surface area (TPSA) is 48.4 Å². The number of carbonyl (C=O) groups excluding carboxylic acids is 1. The Kier molecular flexibility index (Phi) is 6.22. The lowest BCUT2D eigenvalue weighted by Gasteiger charge is -2.28. The number of methoxy groups -OCH3 is 1. The van der Waals surface area contributed by atoms with Crippen molar-refractivity contribution in [3.05, 3.63) is 82.8 Å². The number of ether oxygens (including phenoxy) is 2. The monoisotopic (exact) mass is 459 g/mol. The van der Waals surface area contributed by atoms with Crippen LogP contribution in [0.5, 0.6) is 5.88 Å². The van der Waals surface area contributed by atoms with Crippen LogP contribution in [0.25, 0.3) is 11.1 Å². The second-order valence-corrected chi connectivity index (χ2v) is 9.62. The average molecular weight is 460 g/mol. The fourth-order valence-electron chi connectivity index (χ4n) is 5.15. The van der Waals surface area contributed by atoms with Gasteiger partial charge in [-0.3, -0.25) is 4.79 Å². The summed E-state index contributed by atoms with van der Waals surface area (Å²) >= 11 is 0. The Morgan fingerprint density at radius 2 is 1.88 bits per heavy atom. The molecule has 4 nitrogen and oxygen atoms in total. The van der Waals surface area contributed by atoms with Gasteiger partial charge < -0.3 is 9.47 Å². The van der Waals surface area contributed by atoms with Crippen LogP contribution in [-0.2, 0) is 22.6 Å². The zero-order valence-electron chi connectivity index (χ0n) is 19.9. The van der Waals surface area contributed by atoms with Gasteiger partial charge in [-0.25, -0.2) is 9.37 Å². The molecule has 0 N–H and O–H groups in total. The van der Waals surface area contributed by atoms with Crippen LogP contribution >= 0.6 is 0 Å². The molecule has 0 saturated heterocycles. The summed E-state index contributed by atoms with van der Waals surface area (Å²) in [6.07, 6.45) is 4.33. The van der Waals surface area contributed by atoms with Crippen molar-refractivity contribution >= 4 is 5.78 Å². The Morgan fingerprint density at radius 3 is 2.56 bits per heavy atom. The first kappa shape index (κ1) is 22.7. The smallest absolute Gasteiger partial charge is 0.213 e. The van der Waals surface area contributed by atoms with Gasteiger partial charge >= 0.3 is 0 Å². The van der Waals surface area contributed by atoms with E-state index in [4.69, 9.17) is 9.47 Å². The number of aromatic nitrogens is 1. The Bertz CT molecular complexity index is 1200. The standard InChI is InChI=1S/C29H30FNO3/c1-17(18(2)32)29(21-8-9-21)22-10-11-23-16-34-27(13-24(23)12-22)20-6-4-19(5-7-20)25-14-28(33-3)31-15-26(25)30/h4-7,10-12,14-15,17,21,27,29H,8-9,13,16H2,1-3H3/t17-,27+,29+/m1/s1. The van der Waals surface area contributed by atoms with E-state index in [9.17, 15) is 9.18 Å². The lowest BCUT2D eigenvalue weighted by atomic mass is 9.79. The first-order valence-electron chi connectivity index (χ1n) is 12.0. The minimum absolute atomic E-state index is 0.0425. The molecular weight excluding hydrogens is 429 g/mol. The van der Waals surface area contributed by atoms with Gasteiger partial charge in [-0.2, -0.15) is 0 Å². The summed E-state index contributed by atoms with van der Waals surface area (Å²) in [5.74, 6) is 1.23. The molecule has 1 aliphatic carbocycles. The summed E-state index contributed by atoms with van der Waals surface area (Å²) in [6, 6.07) is 16.1. The van der Waals surface area contributed by atoms with E-state index < -0.39 is 0 Å². The zero-order valence-corrected chi connectivity index (χ0v) is 19.9. The maximum absolute atomic E-state index is 14.3. The Morgan fingerprint density at radius 1 is 1.12 bits per heavy atom. The van der Waals surface area contributed by atoms with Crippen molar-refractivity contribution in [2.75, 3.05) is 7.11 Å². The molecule has 1 saturated carbocycles. The number of halogens is 1. The number of Topliss-reactive ketones (excluding diaryl/α,β-unsaturated/α-hetero) is 1. The molecule has 0 radical (unpaired) electrons. The van der Waals surface area contributed by atoms with Gasteiger partial charge in [-0.1, -0.05) is 49.4 Å². The molecule has 1 aliphatic heterocycles. The first-order valence-corrected chi connectivity index (χ1v) is 12.0. The van der Waals surface area contributed by atoms with Crippen LogP contribution in [0.15, 0.2) is 54.7 Å². The number of ketones is 1. The van der Waals surface area contributed by atoms with Gasteiger partial charge in [0, 0.05) is 24.0 Å². The Balaban J connectivity index is 1.37. The number of nitrogens with zero attached hydrogens (tertiary/aromatic N) is 1. The number of hydrogen-bond donors (Lipinski definition) is 0. The summed E-state index contributed by atoms with van der Waals surface area (Å²) in [5.41, 5.74) is 6.09. The van der Waals surface area contributed by atoms with Crippen LogP contribution in [0.1, 0.15) is 61.0 Å². The van der Waals surface area contributed by atoms with E-state index in [1.54, 1.807) is 13.0 Å². The van der Waals surface area contributed by atoms with Crippen LogP contribution in [0, 0.1) is 17.7 Å². The van der Waals surface area contributed by atoms with E-state index in [-0.39, 0.29) is 23.6 Å². The van der Waals surface area contributed by atoms with Gasteiger partial charge in [0.05, 0.1) is 26.0 Å². The predicted octanol–water partition coefficient (Wildman–Crippen LogP) is 6.43. The van der Waals surface area contributed by atoms with Crippen molar-refractivity contribution in [3.8, 4) is 17.0 Å². The van der Waals surface area contributed by atoms with Gasteiger partial charge in [0.15, 0.2) is 0 Å². The number of rotatable bonds is 7. The van der Waals surface area contributed by atoms with Crippen LogP contribution < -0.4 is 4.74 Å². The normalized spacial score (nSPS) is 19.2. The van der Waals surface area contributed by atoms with Gasteiger partial charge in [-0.05, 0) is 59.4 Å². The molecule has 0 unspecified atom stereocenters. The molecule has 2 aliphatic rings. The van der Waals surface area contributed by atoms with Crippen LogP contribution in [-0.4, -0.2) is 17.9 Å². The molecule has 176 valence electrons. The van der Waals surface area contributed by atoms with E-state index in [1.165, 1.54) is 42.8 Å². The third kappa shape index (κ3) is 4.49. The highest BCUT2D eigenvalue weighted by atomic mass is 19.1. The van der Waals surface area contributed by atoms with E-state index >= 15 is 0 Å². The summed E-state index contributed by atoms with van der Waals surface area (Å²) in [7, 11) is 1.52. The molecule has 5 heteroatoms. The second kappa shape index (κ2) is 9.30. The summed E-state index contributed by atoms with van der Waals surface area (Å²) in [6.45, 7) is 4.34. The van der Waals surface area contributed by atoms with Crippen molar-refractivity contribution in [2.45, 2.75) is 51.7 Å². The van der Waals surface area contributed by atoms with Crippen molar-refractivity contribution < 1.29 is 18.7 Å². The van der Waals surface area contributed by atoms with E-state index in [0.29, 0.717) is 29.9 Å². The molecule has 5 rings (SSSR count). The van der Waals surface area contributed by atoms with Gasteiger partial charge in [0.2, 0.25) is 5.88 Å². The number of carbonyl (C=O) groups is 1. The largest absolute Gasteiger partial charge is 0.481 e. The molecule has 3 atom stereocenters. The number of hydrogen-bond acceptors (Lipinski definition) is 4. The van der Waals surface area contributed by atoms with Crippen molar-refractivity contribution in [2.24, 2.45) is 11.8 Å². The number of benzene rings is 2. The van der Waals surface area contributed by atoms with Crippen LogP contribution in [0.4, 0.5) is 4.39 Å². The van der Waals surface area contributed by atoms with Crippen molar-refractivity contribution in [3.63, 3.8) is 0 Å². The number of fused-ring (bicyclic) bond motifs is 1. The minimum atomic E-state index is -0.381. The fraction of sp³-hybridized carbons (Fsp3) is 0.379. The highest BCUT2D eigenvalue weighted by Gasteiger charge is 2.37.